The number of carbonyl (C=O) groups is 1. The number of anilines is 1. The highest BCUT2D eigenvalue weighted by molar-refractivity contribution is 5.94. The molecule has 1 aliphatic heterocycles. The molecule has 1 atom stereocenters. The number of nitrogens with zero attached hydrogens (tertiary/aromatic N) is 1. The molecule has 8 heteroatoms. The van der Waals surface area contributed by atoms with E-state index < -0.39 is 0 Å². The van der Waals surface area contributed by atoms with Crippen molar-refractivity contribution in [1.82, 2.24) is 10.6 Å². The average molecular weight is 427 g/mol. The normalized spacial score (nSPS) is 16.0. The van der Waals surface area contributed by atoms with Crippen molar-refractivity contribution in [2.75, 3.05) is 33.2 Å². The summed E-state index contributed by atoms with van der Waals surface area (Å²) in [6.07, 6.45) is 1.36. The second kappa shape index (κ2) is 11.2. The Balaban J connectivity index is 1.52. The number of methoxy groups -OCH3 is 2. The van der Waals surface area contributed by atoms with Crippen molar-refractivity contribution >= 4 is 17.6 Å². The molecule has 31 heavy (non-hydrogen) atoms. The van der Waals surface area contributed by atoms with Crippen molar-refractivity contribution in [2.24, 2.45) is 4.99 Å². The van der Waals surface area contributed by atoms with Gasteiger partial charge in [-0.3, -0.25) is 9.79 Å². The highest BCUT2D eigenvalue weighted by atomic mass is 16.5. The van der Waals surface area contributed by atoms with Crippen LogP contribution in [0.4, 0.5) is 5.69 Å². The SMILES string of the molecule is CN=C(NCc1cccc(NC(=O)C2CCCO2)c1)NCc1ccc(OC)c(OC)c1. The molecule has 1 saturated heterocycles. The van der Waals surface area contributed by atoms with Crippen molar-refractivity contribution in [3.8, 4) is 11.5 Å². The molecule has 1 fully saturated rings. The van der Waals surface area contributed by atoms with Gasteiger partial charge in [0.15, 0.2) is 17.5 Å². The monoisotopic (exact) mass is 426 g/mol. The second-order valence-corrected chi connectivity index (χ2v) is 7.16. The Labute approximate surface area is 183 Å². The van der Waals surface area contributed by atoms with Gasteiger partial charge in [-0.2, -0.15) is 0 Å². The largest absolute Gasteiger partial charge is 0.493 e. The lowest BCUT2D eigenvalue weighted by atomic mass is 10.2. The number of hydrogen-bond acceptors (Lipinski definition) is 5. The lowest BCUT2D eigenvalue weighted by Crippen LogP contribution is -2.36. The quantitative estimate of drug-likeness (QED) is 0.444. The van der Waals surface area contributed by atoms with Crippen LogP contribution in [0.3, 0.4) is 0 Å². The Hall–Kier alpha value is -3.26. The Kier molecular flexibility index (Phi) is 8.12. The van der Waals surface area contributed by atoms with Crippen LogP contribution < -0.4 is 25.4 Å². The number of nitrogens with one attached hydrogen (secondary N) is 3. The molecule has 1 heterocycles. The van der Waals surface area contributed by atoms with Crippen molar-refractivity contribution < 1.29 is 19.0 Å². The molecule has 2 aromatic rings. The first-order chi connectivity index (χ1) is 15.1. The first kappa shape index (κ1) is 22.4. The Bertz CT molecular complexity index is 910. The average Bonchev–Trinajstić information content (AvgIpc) is 3.34. The van der Waals surface area contributed by atoms with E-state index in [2.05, 4.69) is 20.9 Å². The van der Waals surface area contributed by atoms with Crippen molar-refractivity contribution in [1.29, 1.82) is 0 Å². The van der Waals surface area contributed by atoms with Gasteiger partial charge < -0.3 is 30.2 Å². The molecule has 0 aliphatic carbocycles. The summed E-state index contributed by atoms with van der Waals surface area (Å²) in [6.45, 7) is 1.80. The van der Waals surface area contributed by atoms with Gasteiger partial charge in [0.25, 0.3) is 5.91 Å². The molecule has 3 rings (SSSR count). The van der Waals surface area contributed by atoms with Gasteiger partial charge in [0, 0.05) is 32.4 Å². The van der Waals surface area contributed by atoms with Crippen LogP contribution in [0.15, 0.2) is 47.5 Å². The van der Waals surface area contributed by atoms with Gasteiger partial charge in [-0.15, -0.1) is 0 Å². The summed E-state index contributed by atoms with van der Waals surface area (Å²) in [7, 11) is 4.96. The van der Waals surface area contributed by atoms with Crippen LogP contribution in [-0.2, 0) is 22.6 Å². The predicted molar refractivity (Wildman–Crippen MR) is 121 cm³/mol. The van der Waals surface area contributed by atoms with E-state index in [4.69, 9.17) is 14.2 Å². The molecule has 166 valence electrons. The van der Waals surface area contributed by atoms with Crippen molar-refractivity contribution in [3.63, 3.8) is 0 Å². The molecule has 1 amide bonds. The molecule has 1 aliphatic rings. The third-order valence-corrected chi connectivity index (χ3v) is 5.01. The zero-order chi connectivity index (χ0) is 22.1. The van der Waals surface area contributed by atoms with Crippen LogP contribution in [0.1, 0.15) is 24.0 Å². The number of carbonyl (C=O) groups excluding carboxylic acids is 1. The van der Waals surface area contributed by atoms with Gasteiger partial charge in [-0.05, 0) is 48.2 Å². The third kappa shape index (κ3) is 6.36. The molecule has 0 bridgehead atoms. The van der Waals surface area contributed by atoms with E-state index in [1.165, 1.54) is 0 Å². The maximum atomic E-state index is 12.2. The molecule has 3 N–H and O–H groups in total. The zero-order valence-corrected chi connectivity index (χ0v) is 18.2. The fourth-order valence-corrected chi connectivity index (χ4v) is 3.35. The summed E-state index contributed by atoms with van der Waals surface area (Å²) in [5.41, 5.74) is 2.83. The van der Waals surface area contributed by atoms with Gasteiger partial charge in [-0.25, -0.2) is 0 Å². The van der Waals surface area contributed by atoms with Gasteiger partial charge in [0.05, 0.1) is 14.2 Å². The van der Waals surface area contributed by atoms with E-state index in [1.807, 2.05) is 42.5 Å². The van der Waals surface area contributed by atoms with Crippen LogP contribution in [-0.4, -0.2) is 45.8 Å². The first-order valence-electron chi connectivity index (χ1n) is 10.3. The third-order valence-electron chi connectivity index (χ3n) is 5.01. The Morgan fingerprint density at radius 2 is 1.81 bits per heavy atom. The number of ether oxygens (including phenoxy) is 3. The minimum Gasteiger partial charge on any atom is -0.493 e. The fourth-order valence-electron chi connectivity index (χ4n) is 3.35. The Morgan fingerprint density at radius 1 is 1.06 bits per heavy atom. The van der Waals surface area contributed by atoms with Crippen molar-refractivity contribution in [2.45, 2.75) is 32.0 Å². The Morgan fingerprint density at radius 3 is 2.45 bits per heavy atom. The first-order valence-corrected chi connectivity index (χ1v) is 10.3. The van der Waals surface area contributed by atoms with Crippen LogP contribution in [0.2, 0.25) is 0 Å². The molecule has 0 spiro atoms. The molecule has 0 aromatic heterocycles. The van der Waals surface area contributed by atoms with Crippen LogP contribution >= 0.6 is 0 Å². The van der Waals surface area contributed by atoms with Gasteiger partial charge in [0.1, 0.15) is 6.10 Å². The maximum Gasteiger partial charge on any atom is 0.253 e. The van der Waals surface area contributed by atoms with Gasteiger partial charge in [-0.1, -0.05) is 18.2 Å². The van der Waals surface area contributed by atoms with Crippen LogP contribution in [0.25, 0.3) is 0 Å². The highest BCUT2D eigenvalue weighted by Crippen LogP contribution is 2.27. The number of benzene rings is 2. The van der Waals surface area contributed by atoms with Gasteiger partial charge in [0.2, 0.25) is 0 Å². The van der Waals surface area contributed by atoms with Crippen LogP contribution in [0.5, 0.6) is 11.5 Å². The summed E-state index contributed by atoms with van der Waals surface area (Å²) < 4.78 is 16.1. The summed E-state index contributed by atoms with van der Waals surface area (Å²) in [6, 6.07) is 13.5. The van der Waals surface area contributed by atoms with E-state index in [-0.39, 0.29) is 12.0 Å². The maximum absolute atomic E-state index is 12.2. The summed E-state index contributed by atoms with van der Waals surface area (Å²) in [5.74, 6) is 1.96. The summed E-state index contributed by atoms with van der Waals surface area (Å²) >= 11 is 0. The predicted octanol–water partition coefficient (Wildman–Crippen LogP) is 2.69. The second-order valence-electron chi connectivity index (χ2n) is 7.16. The molecule has 0 radical (unpaired) electrons. The highest BCUT2D eigenvalue weighted by Gasteiger charge is 2.23. The smallest absolute Gasteiger partial charge is 0.253 e. The van der Waals surface area contributed by atoms with E-state index >= 15 is 0 Å². The van der Waals surface area contributed by atoms with Crippen molar-refractivity contribution in [3.05, 3.63) is 53.6 Å². The molecule has 0 saturated carbocycles. The molecule has 2 aromatic carbocycles. The minimum atomic E-state index is -0.346. The summed E-state index contributed by atoms with van der Waals surface area (Å²) in [5, 5.41) is 9.51. The zero-order valence-electron chi connectivity index (χ0n) is 18.2. The minimum absolute atomic E-state index is 0.0880. The molecule has 1 unspecified atom stereocenters. The summed E-state index contributed by atoms with van der Waals surface area (Å²) in [4.78, 5) is 16.5. The van der Waals surface area contributed by atoms with E-state index in [0.717, 1.165) is 29.7 Å². The van der Waals surface area contributed by atoms with Crippen LogP contribution in [0, 0.1) is 0 Å². The number of aliphatic imine (C=N–C) groups is 1. The number of hydrogen-bond donors (Lipinski definition) is 3. The van der Waals surface area contributed by atoms with Gasteiger partial charge >= 0.3 is 0 Å². The fraction of sp³-hybridized carbons (Fsp3) is 0.391. The van der Waals surface area contributed by atoms with E-state index in [9.17, 15) is 4.79 Å². The standard InChI is InChI=1S/C23H30N4O4/c1-24-23(26-15-17-9-10-19(29-2)21(13-17)30-3)25-14-16-6-4-7-18(12-16)27-22(28)20-8-5-11-31-20/h4,6-7,9-10,12-13,20H,5,8,11,14-15H2,1-3H3,(H,27,28)(H2,24,25,26). The van der Waals surface area contributed by atoms with E-state index in [0.29, 0.717) is 37.2 Å². The number of guanidine groups is 1. The molecular formula is C23H30N4O4. The lowest BCUT2D eigenvalue weighted by Gasteiger charge is -2.14. The molecular weight excluding hydrogens is 396 g/mol. The van der Waals surface area contributed by atoms with E-state index in [1.54, 1.807) is 21.3 Å². The number of rotatable bonds is 8. The lowest BCUT2D eigenvalue weighted by molar-refractivity contribution is -0.124. The number of amides is 1. The topological polar surface area (TPSA) is 93.2 Å². The molecule has 8 nitrogen and oxygen atoms in total.